The van der Waals surface area contributed by atoms with Gasteiger partial charge in [-0.2, -0.15) is 15.0 Å². The molecule has 4 rings (SSSR count). The van der Waals surface area contributed by atoms with Crippen molar-refractivity contribution >= 4 is 22.9 Å². The number of methoxy groups -OCH3 is 1. The van der Waals surface area contributed by atoms with Crippen LogP contribution in [0, 0.1) is 0 Å². The Hall–Kier alpha value is -3.27. The van der Waals surface area contributed by atoms with Gasteiger partial charge in [0.1, 0.15) is 6.54 Å². The highest BCUT2D eigenvalue weighted by atomic mass is 16.5. The van der Waals surface area contributed by atoms with Crippen LogP contribution < -0.4 is 15.0 Å². The molecule has 146 valence electrons. The summed E-state index contributed by atoms with van der Waals surface area (Å²) < 4.78 is 12.3. The SMILES string of the molecule is COc1nc(CNC(=O)Cn2cnc3ccccc32)nc(N2CCOCC2)n1. The summed E-state index contributed by atoms with van der Waals surface area (Å²) in [5.74, 6) is 0.813. The van der Waals surface area contributed by atoms with Crippen molar-refractivity contribution < 1.29 is 14.3 Å². The number of amides is 1. The fourth-order valence-electron chi connectivity index (χ4n) is 2.99. The third-order valence-corrected chi connectivity index (χ3v) is 4.41. The van der Waals surface area contributed by atoms with Crippen LogP contribution in [-0.4, -0.2) is 63.8 Å². The molecule has 1 amide bonds. The van der Waals surface area contributed by atoms with Gasteiger partial charge in [0.25, 0.3) is 0 Å². The Morgan fingerprint density at radius 3 is 2.86 bits per heavy atom. The molecule has 3 aromatic rings. The molecule has 0 bridgehead atoms. The van der Waals surface area contributed by atoms with E-state index in [2.05, 4.69) is 25.3 Å². The lowest BCUT2D eigenvalue weighted by atomic mass is 10.3. The predicted octanol–water partition coefficient (Wildman–Crippen LogP) is 0.383. The molecule has 0 atom stereocenters. The lowest BCUT2D eigenvalue weighted by Crippen LogP contribution is -2.38. The number of nitrogens with one attached hydrogen (secondary N) is 1. The van der Waals surface area contributed by atoms with E-state index < -0.39 is 0 Å². The van der Waals surface area contributed by atoms with Crippen molar-refractivity contribution in [1.29, 1.82) is 0 Å². The van der Waals surface area contributed by atoms with Crippen molar-refractivity contribution in [2.24, 2.45) is 0 Å². The molecule has 0 saturated carbocycles. The first-order chi connectivity index (χ1) is 13.7. The predicted molar refractivity (Wildman–Crippen MR) is 101 cm³/mol. The van der Waals surface area contributed by atoms with Gasteiger partial charge in [0.05, 0.1) is 44.2 Å². The van der Waals surface area contributed by atoms with Gasteiger partial charge in [-0.3, -0.25) is 4.79 Å². The van der Waals surface area contributed by atoms with Crippen LogP contribution in [0.4, 0.5) is 5.95 Å². The molecule has 0 spiro atoms. The van der Waals surface area contributed by atoms with Crippen LogP contribution in [0.15, 0.2) is 30.6 Å². The summed E-state index contributed by atoms with van der Waals surface area (Å²) in [4.78, 5) is 31.7. The zero-order valence-corrected chi connectivity index (χ0v) is 15.5. The molecule has 2 aromatic heterocycles. The fraction of sp³-hybridized carbons (Fsp3) is 0.389. The van der Waals surface area contributed by atoms with Gasteiger partial charge in [0.15, 0.2) is 5.82 Å². The number of aromatic nitrogens is 5. The van der Waals surface area contributed by atoms with Gasteiger partial charge in [0.2, 0.25) is 11.9 Å². The number of anilines is 1. The molecule has 0 unspecified atom stereocenters. The maximum absolute atomic E-state index is 12.4. The van der Waals surface area contributed by atoms with Crippen molar-refractivity contribution in [3.05, 3.63) is 36.4 Å². The molecule has 28 heavy (non-hydrogen) atoms. The lowest BCUT2D eigenvalue weighted by molar-refractivity contribution is -0.121. The first kappa shape index (κ1) is 18.1. The fourth-order valence-corrected chi connectivity index (χ4v) is 2.99. The third kappa shape index (κ3) is 4.01. The number of rotatable bonds is 6. The molecular weight excluding hydrogens is 362 g/mol. The van der Waals surface area contributed by atoms with Crippen molar-refractivity contribution in [2.75, 3.05) is 38.3 Å². The molecule has 0 aliphatic carbocycles. The standard InChI is InChI=1S/C18H21N7O3/c1-27-18-22-15(21-17(23-18)24-6-8-28-9-7-24)10-19-16(26)11-25-12-20-13-4-2-3-5-14(13)25/h2-5,12H,6-11H2,1H3,(H,19,26). The number of hydrogen-bond donors (Lipinski definition) is 1. The van der Waals surface area contributed by atoms with Gasteiger partial charge < -0.3 is 24.3 Å². The summed E-state index contributed by atoms with van der Waals surface area (Å²) in [7, 11) is 1.50. The molecule has 0 radical (unpaired) electrons. The van der Waals surface area contributed by atoms with E-state index in [1.807, 2.05) is 29.2 Å². The maximum atomic E-state index is 12.4. The first-order valence-corrected chi connectivity index (χ1v) is 9.01. The molecule has 1 saturated heterocycles. The zero-order valence-electron chi connectivity index (χ0n) is 15.5. The van der Waals surface area contributed by atoms with Crippen LogP contribution in [0.5, 0.6) is 6.01 Å². The van der Waals surface area contributed by atoms with Gasteiger partial charge >= 0.3 is 6.01 Å². The summed E-state index contributed by atoms with van der Waals surface area (Å²) in [6.45, 7) is 3.00. The average molecular weight is 383 g/mol. The summed E-state index contributed by atoms with van der Waals surface area (Å²) in [5.41, 5.74) is 1.77. The van der Waals surface area contributed by atoms with Crippen molar-refractivity contribution in [1.82, 2.24) is 29.8 Å². The van der Waals surface area contributed by atoms with E-state index in [-0.39, 0.29) is 25.0 Å². The number of imidazole rings is 1. The largest absolute Gasteiger partial charge is 0.467 e. The zero-order chi connectivity index (χ0) is 19.3. The second kappa shape index (κ2) is 8.17. The monoisotopic (exact) mass is 383 g/mol. The third-order valence-electron chi connectivity index (χ3n) is 4.41. The number of hydrogen-bond acceptors (Lipinski definition) is 8. The van der Waals surface area contributed by atoms with Gasteiger partial charge in [-0.25, -0.2) is 4.98 Å². The number of carbonyl (C=O) groups is 1. The molecule has 1 aliphatic rings. The Labute approximate surface area is 161 Å². The van der Waals surface area contributed by atoms with Gasteiger partial charge in [0, 0.05) is 13.1 Å². The van der Waals surface area contributed by atoms with E-state index in [0.717, 1.165) is 11.0 Å². The minimum atomic E-state index is -0.157. The molecule has 1 N–H and O–H groups in total. The Kier molecular flexibility index (Phi) is 5.29. The second-order valence-corrected chi connectivity index (χ2v) is 6.28. The highest BCUT2D eigenvalue weighted by molar-refractivity contribution is 5.80. The summed E-state index contributed by atoms with van der Waals surface area (Å²) >= 11 is 0. The topological polar surface area (TPSA) is 107 Å². The molecule has 3 heterocycles. The number of para-hydroxylation sites is 2. The van der Waals surface area contributed by atoms with Gasteiger partial charge in [-0.1, -0.05) is 12.1 Å². The van der Waals surface area contributed by atoms with E-state index in [0.29, 0.717) is 38.1 Å². The van der Waals surface area contributed by atoms with Crippen LogP contribution in [-0.2, 0) is 22.6 Å². The van der Waals surface area contributed by atoms with E-state index >= 15 is 0 Å². The molecule has 10 nitrogen and oxygen atoms in total. The van der Waals surface area contributed by atoms with E-state index in [4.69, 9.17) is 9.47 Å². The van der Waals surface area contributed by atoms with Crippen LogP contribution >= 0.6 is 0 Å². The summed E-state index contributed by atoms with van der Waals surface area (Å²) in [6.07, 6.45) is 1.66. The van der Waals surface area contributed by atoms with Gasteiger partial charge in [-0.05, 0) is 12.1 Å². The molecule has 1 aliphatic heterocycles. The summed E-state index contributed by atoms with van der Waals surface area (Å²) in [6, 6.07) is 7.90. The van der Waals surface area contributed by atoms with Crippen LogP contribution in [0.3, 0.4) is 0 Å². The number of benzene rings is 1. The Balaban J connectivity index is 1.42. The van der Waals surface area contributed by atoms with E-state index in [1.54, 1.807) is 10.9 Å². The van der Waals surface area contributed by atoms with Crippen molar-refractivity contribution in [2.45, 2.75) is 13.1 Å². The maximum Gasteiger partial charge on any atom is 0.321 e. The Morgan fingerprint density at radius 1 is 1.21 bits per heavy atom. The second-order valence-electron chi connectivity index (χ2n) is 6.28. The Morgan fingerprint density at radius 2 is 2.04 bits per heavy atom. The highest BCUT2D eigenvalue weighted by Crippen LogP contribution is 2.14. The van der Waals surface area contributed by atoms with Crippen molar-refractivity contribution in [3.8, 4) is 6.01 Å². The van der Waals surface area contributed by atoms with Gasteiger partial charge in [-0.15, -0.1) is 0 Å². The highest BCUT2D eigenvalue weighted by Gasteiger charge is 2.17. The minimum absolute atomic E-state index is 0.157. The molecular formula is C18H21N7O3. The van der Waals surface area contributed by atoms with Crippen LogP contribution in [0.1, 0.15) is 5.82 Å². The lowest BCUT2D eigenvalue weighted by Gasteiger charge is -2.26. The number of ether oxygens (including phenoxy) is 2. The summed E-state index contributed by atoms with van der Waals surface area (Å²) in [5, 5.41) is 2.84. The van der Waals surface area contributed by atoms with E-state index in [1.165, 1.54) is 7.11 Å². The number of fused-ring (bicyclic) bond motifs is 1. The van der Waals surface area contributed by atoms with Crippen LogP contribution in [0.25, 0.3) is 11.0 Å². The first-order valence-electron chi connectivity index (χ1n) is 9.01. The van der Waals surface area contributed by atoms with Crippen molar-refractivity contribution in [3.63, 3.8) is 0 Å². The quantitative estimate of drug-likeness (QED) is 0.651. The molecule has 1 aromatic carbocycles. The normalized spacial score (nSPS) is 14.2. The van der Waals surface area contributed by atoms with Crippen LogP contribution in [0.2, 0.25) is 0 Å². The number of nitrogens with zero attached hydrogens (tertiary/aromatic N) is 6. The average Bonchev–Trinajstić information content (AvgIpc) is 3.15. The molecule has 1 fully saturated rings. The number of carbonyl (C=O) groups excluding carboxylic acids is 1. The number of morpholine rings is 1. The Bertz CT molecular complexity index is 969. The minimum Gasteiger partial charge on any atom is -0.467 e. The van der Waals surface area contributed by atoms with E-state index in [9.17, 15) is 4.79 Å². The smallest absolute Gasteiger partial charge is 0.321 e. The molecule has 10 heteroatoms.